The Labute approximate surface area is 120 Å². The number of rotatable bonds is 6. The summed E-state index contributed by atoms with van der Waals surface area (Å²) in [6, 6.07) is 7.99. The number of hydrogen-bond donors (Lipinski definition) is 1. The van der Waals surface area contributed by atoms with E-state index in [1.807, 2.05) is 12.1 Å². The van der Waals surface area contributed by atoms with Gasteiger partial charge in [0.25, 0.3) is 0 Å². The fourth-order valence-corrected chi connectivity index (χ4v) is 4.06. The zero-order chi connectivity index (χ0) is 13.7. The predicted molar refractivity (Wildman–Crippen MR) is 82.3 cm³/mol. The van der Waals surface area contributed by atoms with E-state index in [4.69, 9.17) is 0 Å². The average molecular weight is 281 g/mol. The highest BCUT2D eigenvalue weighted by Gasteiger charge is 2.25. The lowest BCUT2D eigenvalue weighted by Crippen LogP contribution is -2.36. The van der Waals surface area contributed by atoms with Gasteiger partial charge >= 0.3 is 0 Å². The quantitative estimate of drug-likeness (QED) is 0.845. The highest BCUT2D eigenvalue weighted by atomic mass is 32.2. The first-order chi connectivity index (χ1) is 9.17. The second-order valence-corrected chi connectivity index (χ2v) is 7.06. The molecule has 0 saturated heterocycles. The van der Waals surface area contributed by atoms with Crippen molar-refractivity contribution in [3.05, 3.63) is 35.6 Å². The van der Waals surface area contributed by atoms with Crippen LogP contribution in [0.3, 0.4) is 0 Å². The van der Waals surface area contributed by atoms with Crippen molar-refractivity contribution in [2.45, 2.75) is 56.9 Å². The molecule has 1 aromatic carbocycles. The molecule has 106 valence electrons. The van der Waals surface area contributed by atoms with Gasteiger partial charge in [0.1, 0.15) is 5.82 Å². The Morgan fingerprint density at radius 3 is 2.74 bits per heavy atom. The predicted octanol–water partition coefficient (Wildman–Crippen LogP) is 4.02. The summed E-state index contributed by atoms with van der Waals surface area (Å²) >= 11 is 2.09. The molecule has 0 bridgehead atoms. The molecule has 0 aliphatic heterocycles. The molecule has 2 rings (SSSR count). The van der Waals surface area contributed by atoms with Gasteiger partial charge < -0.3 is 5.32 Å². The molecule has 3 atom stereocenters. The van der Waals surface area contributed by atoms with E-state index in [1.54, 1.807) is 12.1 Å². The van der Waals surface area contributed by atoms with Gasteiger partial charge in [-0.05, 0) is 56.1 Å². The smallest absolute Gasteiger partial charge is 0.123 e. The molecule has 3 heteroatoms. The Balaban J connectivity index is 1.75. The maximum absolute atomic E-state index is 12.8. The molecule has 0 radical (unpaired) electrons. The molecule has 1 N–H and O–H groups in total. The van der Waals surface area contributed by atoms with E-state index < -0.39 is 0 Å². The third kappa shape index (κ3) is 4.81. The van der Waals surface area contributed by atoms with E-state index in [1.165, 1.54) is 30.6 Å². The van der Waals surface area contributed by atoms with E-state index in [0.717, 1.165) is 11.7 Å². The van der Waals surface area contributed by atoms with E-state index >= 15 is 0 Å². The third-order valence-corrected chi connectivity index (χ3v) is 5.00. The molecule has 1 aromatic rings. The Morgan fingerprint density at radius 2 is 2.05 bits per heavy atom. The highest BCUT2D eigenvalue weighted by molar-refractivity contribution is 7.99. The summed E-state index contributed by atoms with van der Waals surface area (Å²) in [7, 11) is 0. The van der Waals surface area contributed by atoms with E-state index in [0.29, 0.717) is 12.1 Å². The minimum Gasteiger partial charge on any atom is -0.311 e. The van der Waals surface area contributed by atoms with Crippen LogP contribution in [0.2, 0.25) is 0 Å². The lowest BCUT2D eigenvalue weighted by molar-refractivity contribution is 0.448. The average Bonchev–Trinajstić information content (AvgIpc) is 2.80. The highest BCUT2D eigenvalue weighted by Crippen LogP contribution is 2.30. The van der Waals surface area contributed by atoms with Crippen molar-refractivity contribution in [3.8, 4) is 0 Å². The van der Waals surface area contributed by atoms with Crippen LogP contribution in [0.25, 0.3) is 0 Å². The third-order valence-electron chi connectivity index (χ3n) is 3.76. The van der Waals surface area contributed by atoms with Gasteiger partial charge in [-0.25, -0.2) is 4.39 Å². The number of hydrogen-bond acceptors (Lipinski definition) is 2. The first-order valence-electron chi connectivity index (χ1n) is 7.29. The lowest BCUT2D eigenvalue weighted by atomic mass is 10.1. The van der Waals surface area contributed by atoms with Crippen LogP contribution >= 0.6 is 11.8 Å². The van der Waals surface area contributed by atoms with Crippen molar-refractivity contribution in [3.63, 3.8) is 0 Å². The van der Waals surface area contributed by atoms with Gasteiger partial charge in [-0.3, -0.25) is 0 Å². The van der Waals surface area contributed by atoms with Crippen LogP contribution in [0.4, 0.5) is 4.39 Å². The molecule has 0 amide bonds. The molecule has 19 heavy (non-hydrogen) atoms. The number of nitrogens with one attached hydrogen (secondary N) is 1. The molecule has 3 unspecified atom stereocenters. The zero-order valence-electron chi connectivity index (χ0n) is 11.9. The summed E-state index contributed by atoms with van der Waals surface area (Å²) in [5.41, 5.74) is 1.21. The van der Waals surface area contributed by atoms with Gasteiger partial charge in [-0.1, -0.05) is 19.1 Å². The fourth-order valence-electron chi connectivity index (χ4n) is 2.91. The van der Waals surface area contributed by atoms with Crippen molar-refractivity contribution >= 4 is 11.8 Å². The van der Waals surface area contributed by atoms with Crippen molar-refractivity contribution in [2.24, 2.45) is 0 Å². The first kappa shape index (κ1) is 14.9. The molecule has 1 nitrogen and oxygen atoms in total. The van der Waals surface area contributed by atoms with Gasteiger partial charge in [0.15, 0.2) is 0 Å². The van der Waals surface area contributed by atoms with Crippen LogP contribution < -0.4 is 5.32 Å². The van der Waals surface area contributed by atoms with Gasteiger partial charge in [0.05, 0.1) is 0 Å². The summed E-state index contributed by atoms with van der Waals surface area (Å²) < 4.78 is 12.8. The molecule has 1 fully saturated rings. The maximum atomic E-state index is 12.8. The van der Waals surface area contributed by atoms with E-state index in [2.05, 4.69) is 30.9 Å². The Hall–Kier alpha value is -0.540. The van der Waals surface area contributed by atoms with Crippen LogP contribution in [0.15, 0.2) is 24.3 Å². The molecule has 1 saturated carbocycles. The minimum absolute atomic E-state index is 0.153. The van der Waals surface area contributed by atoms with Crippen LogP contribution in [0.5, 0.6) is 0 Å². The van der Waals surface area contributed by atoms with Gasteiger partial charge in [0.2, 0.25) is 0 Å². The molecular formula is C16H24FNS. The van der Waals surface area contributed by atoms with Crippen molar-refractivity contribution in [1.82, 2.24) is 5.32 Å². The SMILES string of the molecule is CCSC1CCC(NC(C)Cc2ccc(F)cc2)C1. The van der Waals surface area contributed by atoms with Crippen molar-refractivity contribution < 1.29 is 4.39 Å². The largest absolute Gasteiger partial charge is 0.311 e. The summed E-state index contributed by atoms with van der Waals surface area (Å²) in [5.74, 6) is 1.07. The summed E-state index contributed by atoms with van der Waals surface area (Å²) in [6.07, 6.45) is 4.92. The topological polar surface area (TPSA) is 12.0 Å². The molecule has 0 heterocycles. The molecule has 0 aromatic heterocycles. The van der Waals surface area contributed by atoms with E-state index in [-0.39, 0.29) is 5.82 Å². The van der Waals surface area contributed by atoms with Crippen LogP contribution in [0, 0.1) is 5.82 Å². The van der Waals surface area contributed by atoms with Crippen LogP contribution in [-0.2, 0) is 6.42 Å². The second kappa shape index (κ2) is 7.30. The minimum atomic E-state index is -0.153. The Bertz CT molecular complexity index is 379. The van der Waals surface area contributed by atoms with Crippen molar-refractivity contribution in [2.75, 3.05) is 5.75 Å². The number of benzene rings is 1. The lowest BCUT2D eigenvalue weighted by Gasteiger charge is -2.19. The van der Waals surface area contributed by atoms with Gasteiger partial charge in [-0.15, -0.1) is 0 Å². The second-order valence-electron chi connectivity index (χ2n) is 5.49. The van der Waals surface area contributed by atoms with Crippen LogP contribution in [-0.4, -0.2) is 23.1 Å². The molecule has 1 aliphatic rings. The summed E-state index contributed by atoms with van der Waals surface area (Å²) in [4.78, 5) is 0. The normalized spacial score (nSPS) is 24.6. The summed E-state index contributed by atoms with van der Waals surface area (Å²) in [6.45, 7) is 4.46. The monoisotopic (exact) mass is 281 g/mol. The summed E-state index contributed by atoms with van der Waals surface area (Å²) in [5, 5.41) is 4.57. The first-order valence-corrected chi connectivity index (χ1v) is 8.34. The Kier molecular flexibility index (Phi) is 5.71. The standard InChI is InChI=1S/C16H24FNS/c1-3-19-16-9-8-15(11-16)18-12(2)10-13-4-6-14(17)7-5-13/h4-7,12,15-16,18H,3,8-11H2,1-2H3. The van der Waals surface area contributed by atoms with Gasteiger partial charge in [-0.2, -0.15) is 11.8 Å². The zero-order valence-corrected chi connectivity index (χ0v) is 12.7. The number of halogens is 1. The molecule has 0 spiro atoms. The Morgan fingerprint density at radius 1 is 1.32 bits per heavy atom. The number of thioether (sulfide) groups is 1. The maximum Gasteiger partial charge on any atom is 0.123 e. The van der Waals surface area contributed by atoms with E-state index in [9.17, 15) is 4.39 Å². The van der Waals surface area contributed by atoms with Crippen molar-refractivity contribution in [1.29, 1.82) is 0 Å². The van der Waals surface area contributed by atoms with Gasteiger partial charge in [0, 0.05) is 17.3 Å². The fraction of sp³-hybridized carbons (Fsp3) is 0.625. The van der Waals surface area contributed by atoms with Crippen LogP contribution in [0.1, 0.15) is 38.7 Å². The molecule has 1 aliphatic carbocycles. The molecular weight excluding hydrogens is 257 g/mol.